The Morgan fingerprint density at radius 2 is 1.79 bits per heavy atom. The highest BCUT2D eigenvalue weighted by atomic mass is 35.5. The van der Waals surface area contributed by atoms with Crippen LogP contribution in [0.3, 0.4) is 0 Å². The van der Waals surface area contributed by atoms with E-state index < -0.39 is 0 Å². The Morgan fingerprint density at radius 1 is 1.11 bits per heavy atom. The fraction of sp³-hybridized carbons (Fsp3) is 0.300. The molecule has 0 atom stereocenters. The first-order chi connectivity index (χ1) is 13.6. The lowest BCUT2D eigenvalue weighted by atomic mass is 10.1. The van der Waals surface area contributed by atoms with Gasteiger partial charge in [-0.2, -0.15) is 0 Å². The second-order valence-corrected chi connectivity index (χ2v) is 6.64. The minimum atomic E-state index is -0.213. The number of amides is 2. The topological polar surface area (TPSA) is 79.9 Å². The van der Waals surface area contributed by atoms with Gasteiger partial charge in [0.2, 0.25) is 5.91 Å². The molecule has 2 aromatic rings. The Balaban J connectivity index is 1.51. The first-order valence-corrected chi connectivity index (χ1v) is 9.29. The van der Waals surface area contributed by atoms with E-state index >= 15 is 0 Å². The lowest BCUT2D eigenvalue weighted by Gasteiger charge is -2.26. The first-order valence-electron chi connectivity index (χ1n) is 8.91. The monoisotopic (exact) mass is 403 g/mol. The maximum atomic E-state index is 12.4. The van der Waals surface area contributed by atoms with Crippen molar-refractivity contribution in [1.82, 2.24) is 4.90 Å². The zero-order valence-corrected chi connectivity index (χ0v) is 16.3. The van der Waals surface area contributed by atoms with E-state index in [4.69, 9.17) is 21.1 Å². The molecule has 148 valence electrons. The minimum Gasteiger partial charge on any atom is -0.495 e. The van der Waals surface area contributed by atoms with E-state index in [0.717, 1.165) is 5.69 Å². The van der Waals surface area contributed by atoms with Crippen molar-refractivity contribution in [3.63, 3.8) is 0 Å². The molecule has 2 aromatic carbocycles. The quantitative estimate of drug-likeness (QED) is 0.775. The molecule has 0 radical (unpaired) electrons. The molecule has 1 aliphatic rings. The number of morpholine rings is 1. The number of benzene rings is 2. The van der Waals surface area contributed by atoms with Crippen LogP contribution in [-0.4, -0.2) is 56.7 Å². The van der Waals surface area contributed by atoms with E-state index in [2.05, 4.69) is 10.6 Å². The number of hydrogen-bond acceptors (Lipinski definition) is 5. The Bertz CT molecular complexity index is 836. The average Bonchev–Trinajstić information content (AvgIpc) is 2.73. The predicted octanol–water partition coefficient (Wildman–Crippen LogP) is 2.87. The zero-order chi connectivity index (χ0) is 19.9. The van der Waals surface area contributed by atoms with Crippen LogP contribution in [0.25, 0.3) is 0 Å². The Labute approximate surface area is 168 Å². The molecule has 0 aromatic heterocycles. The molecule has 1 heterocycles. The largest absolute Gasteiger partial charge is 0.495 e. The van der Waals surface area contributed by atoms with Crippen molar-refractivity contribution < 1.29 is 19.1 Å². The Hall–Kier alpha value is -2.77. The van der Waals surface area contributed by atoms with Crippen LogP contribution in [0.4, 0.5) is 11.4 Å². The van der Waals surface area contributed by atoms with Gasteiger partial charge in [-0.25, -0.2) is 0 Å². The van der Waals surface area contributed by atoms with Gasteiger partial charge in [-0.3, -0.25) is 9.59 Å². The van der Waals surface area contributed by atoms with Gasteiger partial charge in [0.05, 0.1) is 31.9 Å². The van der Waals surface area contributed by atoms with Gasteiger partial charge in [0.25, 0.3) is 5.91 Å². The zero-order valence-electron chi connectivity index (χ0n) is 15.5. The fourth-order valence-electron chi connectivity index (χ4n) is 2.81. The lowest BCUT2D eigenvalue weighted by molar-refractivity contribution is -0.114. The minimum absolute atomic E-state index is 0.0102. The van der Waals surface area contributed by atoms with E-state index in [1.807, 2.05) is 0 Å². The van der Waals surface area contributed by atoms with E-state index in [-0.39, 0.29) is 18.4 Å². The standard InChI is InChI=1S/C20H22ClN3O4/c1-27-18-7-6-16(12-17(18)21)23-19(25)13-22-15-4-2-14(3-5-15)20(26)24-8-10-28-11-9-24/h2-7,12,22H,8-11,13H2,1H3,(H,23,25). The normalized spacial score (nSPS) is 13.7. The van der Waals surface area contributed by atoms with Crippen molar-refractivity contribution in [1.29, 1.82) is 0 Å². The summed E-state index contributed by atoms with van der Waals surface area (Å²) in [5.74, 6) is 0.322. The molecule has 3 rings (SSSR count). The molecule has 0 aliphatic carbocycles. The number of carbonyl (C=O) groups excluding carboxylic acids is 2. The van der Waals surface area contributed by atoms with Crippen molar-refractivity contribution >= 4 is 34.8 Å². The number of anilines is 2. The summed E-state index contributed by atoms with van der Waals surface area (Å²) in [7, 11) is 1.53. The molecule has 1 aliphatic heterocycles. The smallest absolute Gasteiger partial charge is 0.254 e. The second kappa shape index (κ2) is 9.43. The van der Waals surface area contributed by atoms with E-state index in [1.165, 1.54) is 7.11 Å². The number of halogens is 1. The van der Waals surface area contributed by atoms with Gasteiger partial charge in [0.15, 0.2) is 0 Å². The van der Waals surface area contributed by atoms with E-state index in [1.54, 1.807) is 47.4 Å². The molecule has 0 bridgehead atoms. The molecular formula is C20H22ClN3O4. The van der Waals surface area contributed by atoms with Crippen molar-refractivity contribution in [3.8, 4) is 5.75 Å². The van der Waals surface area contributed by atoms with Crippen LogP contribution in [-0.2, 0) is 9.53 Å². The third-order valence-corrected chi connectivity index (χ3v) is 4.61. The third kappa shape index (κ3) is 5.15. The summed E-state index contributed by atoms with van der Waals surface area (Å²) in [6, 6.07) is 12.1. The summed E-state index contributed by atoms with van der Waals surface area (Å²) in [5.41, 5.74) is 1.95. The van der Waals surface area contributed by atoms with Gasteiger partial charge in [-0.15, -0.1) is 0 Å². The molecule has 1 fully saturated rings. The summed E-state index contributed by atoms with van der Waals surface area (Å²) >= 11 is 6.05. The highest BCUT2D eigenvalue weighted by molar-refractivity contribution is 6.32. The molecule has 1 saturated heterocycles. The number of carbonyl (C=O) groups is 2. The molecule has 8 heteroatoms. The van der Waals surface area contributed by atoms with Crippen LogP contribution in [0, 0.1) is 0 Å². The number of hydrogen-bond donors (Lipinski definition) is 2. The number of nitrogens with zero attached hydrogens (tertiary/aromatic N) is 1. The summed E-state index contributed by atoms with van der Waals surface area (Å²) in [6.45, 7) is 2.43. The molecule has 0 spiro atoms. The van der Waals surface area contributed by atoms with Gasteiger partial charge >= 0.3 is 0 Å². The van der Waals surface area contributed by atoms with Gasteiger partial charge in [-0.1, -0.05) is 11.6 Å². The predicted molar refractivity (Wildman–Crippen MR) is 108 cm³/mol. The number of rotatable bonds is 6. The summed E-state index contributed by atoms with van der Waals surface area (Å²) in [5, 5.41) is 6.22. The number of nitrogens with one attached hydrogen (secondary N) is 2. The highest BCUT2D eigenvalue weighted by Crippen LogP contribution is 2.27. The Kier molecular flexibility index (Phi) is 6.73. The first kappa shape index (κ1) is 20.0. The van der Waals surface area contributed by atoms with E-state index in [0.29, 0.717) is 48.3 Å². The van der Waals surface area contributed by atoms with Crippen molar-refractivity contribution in [2.24, 2.45) is 0 Å². The summed E-state index contributed by atoms with van der Waals surface area (Å²) in [4.78, 5) is 26.3. The molecular weight excluding hydrogens is 382 g/mol. The lowest BCUT2D eigenvalue weighted by Crippen LogP contribution is -2.40. The number of ether oxygens (including phenoxy) is 2. The van der Waals surface area contributed by atoms with Crippen LogP contribution >= 0.6 is 11.6 Å². The fourth-order valence-corrected chi connectivity index (χ4v) is 3.07. The van der Waals surface area contributed by atoms with Crippen LogP contribution in [0.5, 0.6) is 5.75 Å². The van der Waals surface area contributed by atoms with Gasteiger partial charge in [0, 0.05) is 30.0 Å². The van der Waals surface area contributed by atoms with Crippen molar-refractivity contribution in [2.75, 3.05) is 50.6 Å². The van der Waals surface area contributed by atoms with Gasteiger partial charge in [0.1, 0.15) is 5.75 Å². The molecule has 0 saturated carbocycles. The second-order valence-electron chi connectivity index (χ2n) is 6.23. The van der Waals surface area contributed by atoms with Gasteiger partial charge in [-0.05, 0) is 42.5 Å². The summed E-state index contributed by atoms with van der Waals surface area (Å²) < 4.78 is 10.3. The third-order valence-electron chi connectivity index (χ3n) is 4.32. The average molecular weight is 404 g/mol. The Morgan fingerprint density at radius 3 is 2.43 bits per heavy atom. The summed E-state index contributed by atoms with van der Waals surface area (Å²) in [6.07, 6.45) is 0. The van der Waals surface area contributed by atoms with Crippen LogP contribution in [0.15, 0.2) is 42.5 Å². The maximum absolute atomic E-state index is 12.4. The molecule has 7 nitrogen and oxygen atoms in total. The van der Waals surface area contributed by atoms with E-state index in [9.17, 15) is 9.59 Å². The number of methoxy groups -OCH3 is 1. The van der Waals surface area contributed by atoms with Crippen molar-refractivity contribution in [3.05, 3.63) is 53.1 Å². The maximum Gasteiger partial charge on any atom is 0.254 e. The van der Waals surface area contributed by atoms with Crippen LogP contribution in [0.1, 0.15) is 10.4 Å². The molecule has 2 amide bonds. The molecule has 0 unspecified atom stereocenters. The molecule has 28 heavy (non-hydrogen) atoms. The highest BCUT2D eigenvalue weighted by Gasteiger charge is 2.18. The van der Waals surface area contributed by atoms with Crippen LogP contribution < -0.4 is 15.4 Å². The SMILES string of the molecule is COc1ccc(NC(=O)CNc2ccc(C(=O)N3CCOCC3)cc2)cc1Cl. The molecule has 2 N–H and O–H groups in total. The van der Waals surface area contributed by atoms with Gasteiger partial charge < -0.3 is 25.0 Å². The van der Waals surface area contributed by atoms with Crippen LogP contribution in [0.2, 0.25) is 5.02 Å². The van der Waals surface area contributed by atoms with Crippen molar-refractivity contribution in [2.45, 2.75) is 0 Å².